The standard InChI is InChI=1S/C17H30O6/c1-2-3-4-5-6-7-8-9-10-11-22-16-14(20)15(13(19)12-18)23-17(16)21/h13,15,18-20H,2-12H2,1H3. The molecule has 6 heteroatoms. The smallest absolute Gasteiger partial charge is 0.378 e. The molecule has 1 aliphatic rings. The monoisotopic (exact) mass is 330 g/mol. The van der Waals surface area contributed by atoms with Gasteiger partial charge in [-0.05, 0) is 6.42 Å². The molecule has 134 valence electrons. The Morgan fingerprint density at radius 3 is 2.22 bits per heavy atom. The molecule has 0 saturated heterocycles. The van der Waals surface area contributed by atoms with Crippen molar-refractivity contribution in [1.29, 1.82) is 0 Å². The molecule has 2 atom stereocenters. The Morgan fingerprint density at radius 2 is 1.65 bits per heavy atom. The van der Waals surface area contributed by atoms with Crippen LogP contribution in [0.1, 0.15) is 64.7 Å². The maximum Gasteiger partial charge on any atom is 0.378 e. The number of ether oxygens (including phenoxy) is 2. The maximum absolute atomic E-state index is 11.5. The fourth-order valence-electron chi connectivity index (χ4n) is 2.53. The van der Waals surface area contributed by atoms with E-state index >= 15 is 0 Å². The van der Waals surface area contributed by atoms with Gasteiger partial charge in [0.1, 0.15) is 6.10 Å². The molecule has 1 aliphatic heterocycles. The van der Waals surface area contributed by atoms with E-state index < -0.39 is 30.5 Å². The van der Waals surface area contributed by atoms with Crippen LogP contribution in [-0.4, -0.2) is 46.7 Å². The zero-order chi connectivity index (χ0) is 17.1. The summed E-state index contributed by atoms with van der Waals surface area (Å²) in [6.07, 6.45) is 8.04. The highest BCUT2D eigenvalue weighted by Gasteiger charge is 2.40. The molecule has 0 bridgehead atoms. The minimum Gasteiger partial charge on any atom is -0.505 e. The minimum absolute atomic E-state index is 0.248. The molecule has 0 radical (unpaired) electrons. The van der Waals surface area contributed by atoms with Crippen molar-refractivity contribution in [2.24, 2.45) is 0 Å². The zero-order valence-corrected chi connectivity index (χ0v) is 14.0. The Balaban J connectivity index is 2.13. The summed E-state index contributed by atoms with van der Waals surface area (Å²) in [6.45, 7) is 1.93. The minimum atomic E-state index is -1.34. The highest BCUT2D eigenvalue weighted by molar-refractivity contribution is 5.89. The molecular formula is C17H30O6. The Labute approximate surface area is 138 Å². The first-order valence-corrected chi connectivity index (χ1v) is 8.67. The maximum atomic E-state index is 11.5. The van der Waals surface area contributed by atoms with Gasteiger partial charge in [0, 0.05) is 0 Å². The topological polar surface area (TPSA) is 96.2 Å². The van der Waals surface area contributed by atoms with Gasteiger partial charge in [0.2, 0.25) is 5.76 Å². The summed E-state index contributed by atoms with van der Waals surface area (Å²) in [6, 6.07) is 0. The summed E-state index contributed by atoms with van der Waals surface area (Å²) in [5.74, 6) is -1.48. The largest absolute Gasteiger partial charge is 0.505 e. The van der Waals surface area contributed by atoms with E-state index in [2.05, 4.69) is 6.92 Å². The lowest BCUT2D eigenvalue weighted by Crippen LogP contribution is -2.31. The van der Waals surface area contributed by atoms with Gasteiger partial charge in [-0.1, -0.05) is 58.3 Å². The van der Waals surface area contributed by atoms with Gasteiger partial charge in [0.05, 0.1) is 13.2 Å². The molecule has 1 rings (SSSR count). The Kier molecular flexibility index (Phi) is 9.71. The van der Waals surface area contributed by atoms with Crippen molar-refractivity contribution in [2.45, 2.75) is 76.9 Å². The van der Waals surface area contributed by atoms with E-state index in [4.69, 9.17) is 14.6 Å². The van der Waals surface area contributed by atoms with Crippen LogP contribution in [0.3, 0.4) is 0 Å². The predicted octanol–water partition coefficient (Wildman–Crippen LogP) is 2.58. The zero-order valence-electron chi connectivity index (χ0n) is 14.0. The van der Waals surface area contributed by atoms with Gasteiger partial charge in [-0.3, -0.25) is 0 Å². The van der Waals surface area contributed by atoms with Gasteiger partial charge in [-0.25, -0.2) is 4.79 Å². The Hall–Kier alpha value is -1.27. The van der Waals surface area contributed by atoms with Gasteiger partial charge in [-0.15, -0.1) is 0 Å². The van der Waals surface area contributed by atoms with Crippen molar-refractivity contribution >= 4 is 5.97 Å². The second kappa shape index (κ2) is 11.3. The second-order valence-corrected chi connectivity index (χ2v) is 5.97. The average molecular weight is 330 g/mol. The summed E-state index contributed by atoms with van der Waals surface area (Å²) in [5, 5.41) is 28.1. The molecule has 0 saturated carbocycles. The van der Waals surface area contributed by atoms with E-state index in [-0.39, 0.29) is 5.76 Å². The van der Waals surface area contributed by atoms with Crippen molar-refractivity contribution < 1.29 is 29.6 Å². The summed E-state index contributed by atoms with van der Waals surface area (Å²) >= 11 is 0. The first-order valence-electron chi connectivity index (χ1n) is 8.67. The van der Waals surface area contributed by atoms with E-state index in [9.17, 15) is 15.0 Å². The van der Waals surface area contributed by atoms with Gasteiger partial charge in [0.25, 0.3) is 0 Å². The third-order valence-electron chi connectivity index (χ3n) is 3.95. The molecule has 2 unspecified atom stereocenters. The summed E-state index contributed by atoms with van der Waals surface area (Å²) in [7, 11) is 0. The molecule has 0 aromatic rings. The van der Waals surface area contributed by atoms with E-state index in [1.54, 1.807) is 0 Å². The molecule has 0 aromatic carbocycles. The van der Waals surface area contributed by atoms with E-state index in [1.165, 1.54) is 38.5 Å². The van der Waals surface area contributed by atoms with Gasteiger partial charge in [0.15, 0.2) is 11.9 Å². The van der Waals surface area contributed by atoms with Crippen molar-refractivity contribution in [2.75, 3.05) is 13.2 Å². The van der Waals surface area contributed by atoms with Crippen molar-refractivity contribution in [3.05, 3.63) is 11.5 Å². The fraction of sp³-hybridized carbons (Fsp3) is 0.824. The first-order chi connectivity index (χ1) is 11.1. The fourth-order valence-corrected chi connectivity index (χ4v) is 2.53. The van der Waals surface area contributed by atoms with E-state index in [0.29, 0.717) is 6.61 Å². The summed E-state index contributed by atoms with van der Waals surface area (Å²) in [4.78, 5) is 11.5. The number of cyclic esters (lactones) is 1. The number of esters is 1. The Bertz CT molecular complexity index is 379. The molecule has 0 spiro atoms. The summed E-state index contributed by atoms with van der Waals surface area (Å²) in [5.41, 5.74) is 0. The van der Waals surface area contributed by atoms with Crippen LogP contribution in [0.2, 0.25) is 0 Å². The van der Waals surface area contributed by atoms with Gasteiger partial charge >= 0.3 is 5.97 Å². The lowest BCUT2D eigenvalue weighted by molar-refractivity contribution is -0.148. The quantitative estimate of drug-likeness (QED) is 0.355. The lowest BCUT2D eigenvalue weighted by atomic mass is 10.1. The van der Waals surface area contributed by atoms with Crippen LogP contribution < -0.4 is 0 Å². The van der Waals surface area contributed by atoms with E-state index in [0.717, 1.165) is 19.3 Å². The lowest BCUT2D eigenvalue weighted by Gasteiger charge is -2.13. The number of rotatable bonds is 13. The second-order valence-electron chi connectivity index (χ2n) is 5.97. The van der Waals surface area contributed by atoms with E-state index in [1.807, 2.05) is 0 Å². The molecular weight excluding hydrogens is 300 g/mol. The SMILES string of the molecule is CCCCCCCCCCCOC1=C(O)C(C(O)CO)OC1=O. The third kappa shape index (κ3) is 6.79. The normalized spacial score (nSPS) is 19.1. The molecule has 6 nitrogen and oxygen atoms in total. The number of carbonyl (C=O) groups excluding carboxylic acids is 1. The van der Waals surface area contributed by atoms with Crippen molar-refractivity contribution in [1.82, 2.24) is 0 Å². The molecule has 0 aromatic heterocycles. The number of hydrogen-bond donors (Lipinski definition) is 3. The van der Waals surface area contributed by atoms with Crippen LogP contribution in [-0.2, 0) is 14.3 Å². The van der Waals surface area contributed by atoms with Crippen LogP contribution in [0.5, 0.6) is 0 Å². The van der Waals surface area contributed by atoms with Crippen molar-refractivity contribution in [3.63, 3.8) is 0 Å². The number of hydrogen-bond acceptors (Lipinski definition) is 6. The predicted molar refractivity (Wildman–Crippen MR) is 85.8 cm³/mol. The van der Waals surface area contributed by atoms with Crippen LogP contribution in [0.25, 0.3) is 0 Å². The number of unbranched alkanes of at least 4 members (excludes halogenated alkanes) is 8. The highest BCUT2D eigenvalue weighted by atomic mass is 16.6. The average Bonchev–Trinajstić information content (AvgIpc) is 2.83. The molecule has 23 heavy (non-hydrogen) atoms. The first kappa shape index (κ1) is 19.8. The van der Waals surface area contributed by atoms with Crippen molar-refractivity contribution in [3.8, 4) is 0 Å². The number of carbonyl (C=O) groups is 1. The van der Waals surface area contributed by atoms with Gasteiger partial charge in [-0.2, -0.15) is 0 Å². The van der Waals surface area contributed by atoms with Crippen LogP contribution in [0, 0.1) is 0 Å². The summed E-state index contributed by atoms with van der Waals surface area (Å²) < 4.78 is 10.1. The van der Waals surface area contributed by atoms with Crippen LogP contribution >= 0.6 is 0 Å². The number of aliphatic hydroxyl groups is 3. The molecule has 1 heterocycles. The number of aliphatic hydroxyl groups excluding tert-OH is 3. The van der Waals surface area contributed by atoms with Gasteiger partial charge < -0.3 is 24.8 Å². The Morgan fingerprint density at radius 1 is 1.09 bits per heavy atom. The molecule has 3 N–H and O–H groups in total. The highest BCUT2D eigenvalue weighted by Crippen LogP contribution is 2.24. The molecule has 0 fully saturated rings. The van der Waals surface area contributed by atoms with Crippen LogP contribution in [0.15, 0.2) is 11.5 Å². The molecule has 0 amide bonds. The third-order valence-corrected chi connectivity index (χ3v) is 3.95. The molecule has 0 aliphatic carbocycles. The van der Waals surface area contributed by atoms with Crippen LogP contribution in [0.4, 0.5) is 0 Å².